The summed E-state index contributed by atoms with van der Waals surface area (Å²) in [6, 6.07) is 7.15. The van der Waals surface area contributed by atoms with Crippen molar-refractivity contribution < 1.29 is 4.39 Å². The van der Waals surface area contributed by atoms with Crippen LogP contribution in [0.25, 0.3) is 0 Å². The molecule has 1 aliphatic rings. The van der Waals surface area contributed by atoms with Gasteiger partial charge in [0.1, 0.15) is 5.82 Å². The molecule has 2 unspecified atom stereocenters. The normalized spacial score (nSPS) is 28.0. The highest BCUT2D eigenvalue weighted by atomic mass is 19.1. The molecule has 0 aliphatic heterocycles. The van der Waals surface area contributed by atoms with E-state index in [9.17, 15) is 4.39 Å². The molecule has 1 aromatic carbocycles. The average molecular weight is 221 g/mol. The van der Waals surface area contributed by atoms with Crippen molar-refractivity contribution in [2.24, 2.45) is 11.3 Å². The molecule has 1 aromatic rings. The first-order valence-corrected chi connectivity index (χ1v) is 5.98. The van der Waals surface area contributed by atoms with Crippen molar-refractivity contribution in [1.29, 1.82) is 0 Å². The summed E-state index contributed by atoms with van der Waals surface area (Å²) in [6.07, 6.45) is 2.44. The van der Waals surface area contributed by atoms with Crippen LogP contribution < -0.4 is 5.32 Å². The van der Waals surface area contributed by atoms with Gasteiger partial charge in [0.15, 0.2) is 0 Å². The lowest BCUT2D eigenvalue weighted by Crippen LogP contribution is -2.22. The number of hydrogen-bond donors (Lipinski definition) is 1. The van der Waals surface area contributed by atoms with Gasteiger partial charge in [-0.15, -0.1) is 0 Å². The van der Waals surface area contributed by atoms with E-state index in [4.69, 9.17) is 0 Å². The number of hydrogen-bond acceptors (Lipinski definition) is 1. The van der Waals surface area contributed by atoms with Crippen LogP contribution in [-0.4, -0.2) is 6.04 Å². The summed E-state index contributed by atoms with van der Waals surface area (Å²) in [5, 5.41) is 3.51. The predicted octanol–water partition coefficient (Wildman–Crippen LogP) is 4.06. The summed E-state index contributed by atoms with van der Waals surface area (Å²) in [5.74, 6) is 0.505. The van der Waals surface area contributed by atoms with Crippen LogP contribution in [0, 0.1) is 17.2 Å². The van der Waals surface area contributed by atoms with E-state index < -0.39 is 0 Å². The van der Waals surface area contributed by atoms with Gasteiger partial charge in [0, 0.05) is 11.7 Å². The molecule has 0 radical (unpaired) electrons. The summed E-state index contributed by atoms with van der Waals surface area (Å²) < 4.78 is 12.8. The molecule has 88 valence electrons. The van der Waals surface area contributed by atoms with Crippen LogP contribution in [-0.2, 0) is 0 Å². The third kappa shape index (κ3) is 2.55. The van der Waals surface area contributed by atoms with Gasteiger partial charge in [-0.3, -0.25) is 0 Å². The second-order valence-corrected chi connectivity index (χ2v) is 5.81. The van der Waals surface area contributed by atoms with Crippen LogP contribution in [0.5, 0.6) is 0 Å². The predicted molar refractivity (Wildman–Crippen MR) is 66.0 cm³/mol. The van der Waals surface area contributed by atoms with E-state index in [0.29, 0.717) is 17.4 Å². The summed E-state index contributed by atoms with van der Waals surface area (Å²) in [6.45, 7) is 6.92. The Labute approximate surface area is 97.1 Å². The molecular formula is C14H20FN. The van der Waals surface area contributed by atoms with Crippen LogP contribution in [0.15, 0.2) is 24.3 Å². The first-order valence-electron chi connectivity index (χ1n) is 5.98. The fraction of sp³-hybridized carbons (Fsp3) is 0.571. The van der Waals surface area contributed by atoms with Crippen LogP contribution in [0.1, 0.15) is 33.6 Å². The zero-order valence-electron chi connectivity index (χ0n) is 10.3. The molecular weight excluding hydrogens is 201 g/mol. The molecule has 0 amide bonds. The molecule has 0 bridgehead atoms. The molecule has 2 rings (SSSR count). The van der Waals surface area contributed by atoms with Crippen molar-refractivity contribution in [3.05, 3.63) is 30.1 Å². The molecule has 16 heavy (non-hydrogen) atoms. The number of anilines is 1. The topological polar surface area (TPSA) is 12.0 Å². The fourth-order valence-corrected chi connectivity index (χ4v) is 2.85. The van der Waals surface area contributed by atoms with Gasteiger partial charge in [0.25, 0.3) is 0 Å². The number of nitrogens with one attached hydrogen (secondary N) is 1. The molecule has 0 spiro atoms. The Morgan fingerprint density at radius 1 is 1.19 bits per heavy atom. The van der Waals surface area contributed by atoms with E-state index in [-0.39, 0.29) is 5.82 Å². The lowest BCUT2D eigenvalue weighted by molar-refractivity contribution is 0.366. The van der Waals surface area contributed by atoms with Crippen LogP contribution in [0.4, 0.5) is 10.1 Å². The van der Waals surface area contributed by atoms with Gasteiger partial charge in [-0.05, 0) is 48.4 Å². The molecule has 0 aromatic heterocycles. The minimum atomic E-state index is -0.176. The Morgan fingerprint density at radius 3 is 2.31 bits per heavy atom. The monoisotopic (exact) mass is 221 g/mol. The summed E-state index contributed by atoms with van der Waals surface area (Å²) in [7, 11) is 0. The lowest BCUT2D eigenvalue weighted by atomic mass is 9.91. The Bertz CT molecular complexity index is 356. The number of benzene rings is 1. The lowest BCUT2D eigenvalue weighted by Gasteiger charge is -2.19. The third-order valence-electron chi connectivity index (χ3n) is 3.53. The first-order chi connectivity index (χ1) is 7.46. The van der Waals surface area contributed by atoms with Crippen molar-refractivity contribution in [2.75, 3.05) is 5.32 Å². The maximum Gasteiger partial charge on any atom is 0.123 e. The Balaban J connectivity index is 2.03. The fourth-order valence-electron chi connectivity index (χ4n) is 2.85. The standard InChI is InChI=1S/C14H20FN/c1-10-8-14(2,3)9-13(10)16-12-6-4-11(15)5-7-12/h4-7,10,13,16H,8-9H2,1-3H3. The highest BCUT2D eigenvalue weighted by Gasteiger charge is 2.36. The zero-order valence-corrected chi connectivity index (χ0v) is 10.3. The van der Waals surface area contributed by atoms with Crippen molar-refractivity contribution in [3.63, 3.8) is 0 Å². The van der Waals surface area contributed by atoms with E-state index in [1.54, 1.807) is 0 Å². The minimum Gasteiger partial charge on any atom is -0.382 e. The van der Waals surface area contributed by atoms with Crippen molar-refractivity contribution >= 4 is 5.69 Å². The smallest absolute Gasteiger partial charge is 0.123 e. The quantitative estimate of drug-likeness (QED) is 0.794. The van der Waals surface area contributed by atoms with Gasteiger partial charge >= 0.3 is 0 Å². The minimum absolute atomic E-state index is 0.176. The molecule has 2 atom stereocenters. The maximum absolute atomic E-state index is 12.8. The van der Waals surface area contributed by atoms with Crippen molar-refractivity contribution in [3.8, 4) is 0 Å². The Morgan fingerprint density at radius 2 is 1.81 bits per heavy atom. The largest absolute Gasteiger partial charge is 0.382 e. The van der Waals surface area contributed by atoms with E-state index in [0.717, 1.165) is 5.69 Å². The highest BCUT2D eigenvalue weighted by molar-refractivity contribution is 5.44. The van der Waals surface area contributed by atoms with Gasteiger partial charge in [-0.25, -0.2) is 4.39 Å². The molecule has 1 N–H and O–H groups in total. The Hall–Kier alpha value is -1.05. The molecule has 2 heteroatoms. The highest BCUT2D eigenvalue weighted by Crippen LogP contribution is 2.42. The molecule has 0 saturated heterocycles. The Kier molecular flexibility index (Phi) is 2.92. The molecule has 1 fully saturated rings. The van der Waals surface area contributed by atoms with Gasteiger partial charge in [-0.2, -0.15) is 0 Å². The first kappa shape index (κ1) is 11.4. The summed E-state index contributed by atoms with van der Waals surface area (Å²) in [4.78, 5) is 0. The van der Waals surface area contributed by atoms with Gasteiger partial charge in [-0.1, -0.05) is 20.8 Å². The van der Waals surface area contributed by atoms with Gasteiger partial charge in [0.2, 0.25) is 0 Å². The zero-order chi connectivity index (χ0) is 11.8. The maximum atomic E-state index is 12.8. The van der Waals surface area contributed by atoms with Crippen LogP contribution >= 0.6 is 0 Å². The molecule has 1 nitrogen and oxygen atoms in total. The van der Waals surface area contributed by atoms with Crippen LogP contribution in [0.2, 0.25) is 0 Å². The molecule has 0 heterocycles. The summed E-state index contributed by atoms with van der Waals surface area (Å²) in [5.41, 5.74) is 1.45. The molecule has 1 saturated carbocycles. The van der Waals surface area contributed by atoms with E-state index in [1.165, 1.54) is 25.0 Å². The average Bonchev–Trinajstić information content (AvgIpc) is 2.44. The molecule has 1 aliphatic carbocycles. The van der Waals surface area contributed by atoms with E-state index >= 15 is 0 Å². The van der Waals surface area contributed by atoms with E-state index in [2.05, 4.69) is 26.1 Å². The van der Waals surface area contributed by atoms with Gasteiger partial charge in [0.05, 0.1) is 0 Å². The third-order valence-corrected chi connectivity index (χ3v) is 3.53. The van der Waals surface area contributed by atoms with Crippen molar-refractivity contribution in [1.82, 2.24) is 0 Å². The number of rotatable bonds is 2. The SMILES string of the molecule is CC1CC(C)(C)CC1Nc1ccc(F)cc1. The number of halogens is 1. The van der Waals surface area contributed by atoms with Crippen LogP contribution in [0.3, 0.4) is 0 Å². The van der Waals surface area contributed by atoms with E-state index in [1.807, 2.05) is 12.1 Å². The van der Waals surface area contributed by atoms with Crippen molar-refractivity contribution in [2.45, 2.75) is 39.7 Å². The summed E-state index contributed by atoms with van der Waals surface area (Å²) >= 11 is 0. The second kappa shape index (κ2) is 4.08. The second-order valence-electron chi connectivity index (χ2n) is 5.81. The van der Waals surface area contributed by atoms with Gasteiger partial charge < -0.3 is 5.32 Å².